The average molecular weight is 544 g/mol. The molecule has 0 spiro atoms. The lowest BCUT2D eigenvalue weighted by atomic mass is 10.2. The molecule has 1 saturated heterocycles. The number of hydrogen-bond acceptors (Lipinski definition) is 4. The number of benzene rings is 2. The molecule has 2 aromatic carbocycles. The number of rotatable bonds is 8. The highest BCUT2D eigenvalue weighted by molar-refractivity contribution is 14.0. The molecule has 2 N–H and O–H groups in total. The minimum Gasteiger partial charge on any atom is -0.492 e. The Morgan fingerprint density at radius 3 is 2.33 bits per heavy atom. The van der Waals surface area contributed by atoms with Crippen molar-refractivity contribution in [3.05, 3.63) is 60.2 Å². The number of sulfonamides is 1. The van der Waals surface area contributed by atoms with Gasteiger partial charge in [-0.1, -0.05) is 30.3 Å². The SMILES string of the molecule is CN=C(NCCOc1ccccc1)NCc1ccc(S(=O)(=O)N2CCCC2)cc1.I. The number of nitrogens with zero attached hydrogens (tertiary/aromatic N) is 2. The molecular weight excluding hydrogens is 515 g/mol. The zero-order valence-corrected chi connectivity index (χ0v) is 20.2. The van der Waals surface area contributed by atoms with E-state index >= 15 is 0 Å². The van der Waals surface area contributed by atoms with E-state index in [1.807, 2.05) is 42.5 Å². The van der Waals surface area contributed by atoms with Crippen LogP contribution in [0.25, 0.3) is 0 Å². The number of guanidine groups is 1. The van der Waals surface area contributed by atoms with Crippen molar-refractivity contribution in [1.29, 1.82) is 0 Å². The zero-order valence-electron chi connectivity index (χ0n) is 17.1. The second-order valence-corrected chi connectivity index (χ2v) is 8.71. The highest BCUT2D eigenvalue weighted by Crippen LogP contribution is 2.21. The van der Waals surface area contributed by atoms with Crippen molar-refractivity contribution in [2.24, 2.45) is 4.99 Å². The van der Waals surface area contributed by atoms with Gasteiger partial charge in [0.05, 0.1) is 11.4 Å². The van der Waals surface area contributed by atoms with Crippen LogP contribution in [-0.2, 0) is 16.6 Å². The molecule has 0 atom stereocenters. The molecule has 2 aromatic rings. The predicted molar refractivity (Wildman–Crippen MR) is 130 cm³/mol. The van der Waals surface area contributed by atoms with Crippen LogP contribution < -0.4 is 15.4 Å². The molecule has 0 radical (unpaired) electrons. The average Bonchev–Trinajstić information content (AvgIpc) is 3.30. The second-order valence-electron chi connectivity index (χ2n) is 6.77. The Morgan fingerprint density at radius 2 is 1.70 bits per heavy atom. The summed E-state index contributed by atoms with van der Waals surface area (Å²) in [5, 5.41) is 6.42. The summed E-state index contributed by atoms with van der Waals surface area (Å²) in [5.41, 5.74) is 0.980. The van der Waals surface area contributed by atoms with Crippen LogP contribution in [0.1, 0.15) is 18.4 Å². The quantitative estimate of drug-likeness (QED) is 0.231. The maximum Gasteiger partial charge on any atom is 0.243 e. The summed E-state index contributed by atoms with van der Waals surface area (Å²) < 4.78 is 32.4. The fourth-order valence-corrected chi connectivity index (χ4v) is 4.64. The molecule has 1 fully saturated rings. The van der Waals surface area contributed by atoms with Crippen LogP contribution in [0.3, 0.4) is 0 Å². The van der Waals surface area contributed by atoms with Crippen molar-refractivity contribution in [2.45, 2.75) is 24.3 Å². The van der Waals surface area contributed by atoms with Crippen molar-refractivity contribution >= 4 is 40.0 Å². The van der Waals surface area contributed by atoms with Crippen molar-refractivity contribution in [2.75, 3.05) is 33.3 Å². The first-order valence-electron chi connectivity index (χ1n) is 9.81. The van der Waals surface area contributed by atoms with Crippen LogP contribution in [0.5, 0.6) is 5.75 Å². The summed E-state index contributed by atoms with van der Waals surface area (Å²) in [5.74, 6) is 1.50. The van der Waals surface area contributed by atoms with Crippen LogP contribution in [0.2, 0.25) is 0 Å². The lowest BCUT2D eigenvalue weighted by Gasteiger charge is -2.16. The molecule has 1 aliphatic heterocycles. The summed E-state index contributed by atoms with van der Waals surface area (Å²) >= 11 is 0. The molecule has 3 rings (SSSR count). The molecule has 30 heavy (non-hydrogen) atoms. The van der Waals surface area contributed by atoms with Gasteiger partial charge in [0, 0.05) is 26.7 Å². The van der Waals surface area contributed by atoms with Gasteiger partial charge in [0.25, 0.3) is 0 Å². The molecule has 0 saturated carbocycles. The van der Waals surface area contributed by atoms with Gasteiger partial charge >= 0.3 is 0 Å². The fourth-order valence-electron chi connectivity index (χ4n) is 3.12. The topological polar surface area (TPSA) is 83.0 Å². The molecule has 164 valence electrons. The van der Waals surface area contributed by atoms with Crippen molar-refractivity contribution in [3.8, 4) is 5.75 Å². The van der Waals surface area contributed by atoms with E-state index in [2.05, 4.69) is 15.6 Å². The van der Waals surface area contributed by atoms with Crippen LogP contribution >= 0.6 is 24.0 Å². The first-order valence-corrected chi connectivity index (χ1v) is 11.2. The van der Waals surface area contributed by atoms with E-state index in [0.29, 0.717) is 43.6 Å². The lowest BCUT2D eigenvalue weighted by Crippen LogP contribution is -2.38. The number of para-hydroxylation sites is 1. The van der Waals surface area contributed by atoms with Gasteiger partial charge in [0.2, 0.25) is 10.0 Å². The van der Waals surface area contributed by atoms with E-state index in [0.717, 1.165) is 24.2 Å². The van der Waals surface area contributed by atoms with Gasteiger partial charge in [-0.3, -0.25) is 4.99 Å². The first-order chi connectivity index (χ1) is 14.1. The predicted octanol–water partition coefficient (Wildman–Crippen LogP) is 2.83. The van der Waals surface area contributed by atoms with E-state index in [1.165, 1.54) is 0 Å². The number of hydrogen-bond donors (Lipinski definition) is 2. The third kappa shape index (κ3) is 6.85. The maximum absolute atomic E-state index is 12.6. The number of nitrogens with one attached hydrogen (secondary N) is 2. The van der Waals surface area contributed by atoms with E-state index < -0.39 is 10.0 Å². The molecule has 0 amide bonds. The number of halogens is 1. The third-order valence-corrected chi connectivity index (χ3v) is 6.63. The molecule has 7 nitrogen and oxygen atoms in total. The molecule has 0 aliphatic carbocycles. The standard InChI is InChI=1S/C21H28N4O3S.HI/c1-22-21(23-13-16-28-19-7-3-2-4-8-19)24-17-18-9-11-20(12-10-18)29(26,27)25-14-5-6-15-25;/h2-4,7-12H,5-6,13-17H2,1H3,(H2,22,23,24);1H. The lowest BCUT2D eigenvalue weighted by molar-refractivity contribution is 0.322. The summed E-state index contributed by atoms with van der Waals surface area (Å²) in [7, 11) is -1.66. The van der Waals surface area contributed by atoms with Gasteiger partial charge in [-0.05, 0) is 42.7 Å². The zero-order chi connectivity index (χ0) is 20.5. The summed E-state index contributed by atoms with van der Waals surface area (Å²) in [4.78, 5) is 4.54. The molecule has 1 aliphatic rings. The Hall–Kier alpha value is -1.85. The summed E-state index contributed by atoms with van der Waals surface area (Å²) in [6, 6.07) is 16.7. The van der Waals surface area contributed by atoms with Gasteiger partial charge in [-0.25, -0.2) is 8.42 Å². The normalized spacial score (nSPS) is 14.8. The summed E-state index contributed by atoms with van der Waals surface area (Å²) in [6.07, 6.45) is 1.87. The largest absolute Gasteiger partial charge is 0.492 e. The highest BCUT2D eigenvalue weighted by atomic mass is 127. The molecule has 1 heterocycles. The minimum absolute atomic E-state index is 0. The van der Waals surface area contributed by atoms with Crippen LogP contribution in [-0.4, -0.2) is 52.0 Å². The first kappa shape index (κ1) is 24.4. The Labute approximate surface area is 196 Å². The van der Waals surface area contributed by atoms with Crippen molar-refractivity contribution < 1.29 is 13.2 Å². The van der Waals surface area contributed by atoms with Crippen LogP contribution in [0.4, 0.5) is 0 Å². The highest BCUT2D eigenvalue weighted by Gasteiger charge is 2.26. The van der Waals surface area contributed by atoms with Gasteiger partial charge in [-0.2, -0.15) is 4.31 Å². The fraction of sp³-hybridized carbons (Fsp3) is 0.381. The van der Waals surface area contributed by atoms with Gasteiger partial charge in [0.15, 0.2) is 5.96 Å². The molecule has 9 heteroatoms. The minimum atomic E-state index is -3.37. The van der Waals surface area contributed by atoms with Crippen molar-refractivity contribution in [3.63, 3.8) is 0 Å². The van der Waals surface area contributed by atoms with Crippen LogP contribution in [0, 0.1) is 0 Å². The van der Waals surface area contributed by atoms with E-state index in [4.69, 9.17) is 4.74 Å². The third-order valence-electron chi connectivity index (χ3n) is 4.72. The Balaban J connectivity index is 0.00000320. The number of ether oxygens (including phenoxy) is 1. The van der Waals surface area contributed by atoms with Gasteiger partial charge in [0.1, 0.15) is 12.4 Å². The van der Waals surface area contributed by atoms with E-state index in [1.54, 1.807) is 23.5 Å². The Kier molecular flexibility index (Phi) is 9.86. The van der Waals surface area contributed by atoms with Crippen molar-refractivity contribution in [1.82, 2.24) is 14.9 Å². The van der Waals surface area contributed by atoms with Gasteiger partial charge in [-0.15, -0.1) is 24.0 Å². The van der Waals surface area contributed by atoms with E-state index in [-0.39, 0.29) is 24.0 Å². The maximum atomic E-state index is 12.6. The molecular formula is C21H29IN4O3S. The molecule has 0 aromatic heterocycles. The molecule has 0 unspecified atom stereocenters. The second kappa shape index (κ2) is 12.1. The summed E-state index contributed by atoms with van der Waals surface area (Å²) in [6.45, 7) is 2.90. The molecule has 0 bridgehead atoms. The monoisotopic (exact) mass is 544 g/mol. The smallest absolute Gasteiger partial charge is 0.243 e. The number of aliphatic imine (C=N–C) groups is 1. The Bertz CT molecular complexity index is 900. The van der Waals surface area contributed by atoms with Gasteiger partial charge < -0.3 is 15.4 Å². The van der Waals surface area contributed by atoms with Crippen LogP contribution in [0.15, 0.2) is 64.5 Å². The van der Waals surface area contributed by atoms with E-state index in [9.17, 15) is 8.42 Å². The Morgan fingerprint density at radius 1 is 1.03 bits per heavy atom.